The molecule has 1 saturated heterocycles. The molecule has 1 fully saturated rings. The molecule has 1 aliphatic heterocycles. The van der Waals surface area contributed by atoms with E-state index in [1.807, 2.05) is 18.2 Å². The summed E-state index contributed by atoms with van der Waals surface area (Å²) >= 11 is 0. The van der Waals surface area contributed by atoms with Crippen molar-refractivity contribution in [3.8, 4) is 11.5 Å². The Morgan fingerprint density at radius 3 is 2.40 bits per heavy atom. The van der Waals surface area contributed by atoms with Crippen molar-refractivity contribution in [1.82, 2.24) is 0 Å². The summed E-state index contributed by atoms with van der Waals surface area (Å²) in [6.45, 7) is 6.75. The SMILES string of the molecule is C[Si](C)(C)C#C[C@H]1O[C@H]1c1ccccc1. The predicted molar refractivity (Wildman–Crippen MR) is 65.2 cm³/mol. The third-order valence-corrected chi connectivity index (χ3v) is 3.10. The van der Waals surface area contributed by atoms with E-state index in [0.29, 0.717) is 0 Å². The second kappa shape index (κ2) is 3.84. The van der Waals surface area contributed by atoms with E-state index in [-0.39, 0.29) is 12.2 Å². The molecule has 1 heterocycles. The number of hydrogen-bond acceptors (Lipinski definition) is 1. The molecule has 1 aromatic rings. The Balaban J connectivity index is 2.00. The van der Waals surface area contributed by atoms with E-state index in [1.54, 1.807) is 0 Å². The van der Waals surface area contributed by atoms with E-state index >= 15 is 0 Å². The summed E-state index contributed by atoms with van der Waals surface area (Å²) in [7, 11) is -1.25. The van der Waals surface area contributed by atoms with Gasteiger partial charge < -0.3 is 4.74 Å². The Morgan fingerprint density at radius 2 is 1.80 bits per heavy atom. The highest BCUT2D eigenvalue weighted by Crippen LogP contribution is 2.37. The lowest BCUT2D eigenvalue weighted by atomic mass is 10.1. The van der Waals surface area contributed by atoms with Gasteiger partial charge in [-0.05, 0) is 5.56 Å². The summed E-state index contributed by atoms with van der Waals surface area (Å²) in [5, 5.41) is 0. The highest BCUT2D eigenvalue weighted by Gasteiger charge is 2.38. The van der Waals surface area contributed by atoms with Crippen molar-refractivity contribution >= 4 is 8.07 Å². The molecular formula is C13H16OSi. The Bertz CT molecular complexity index is 394. The normalized spacial score (nSPS) is 24.2. The monoisotopic (exact) mass is 216 g/mol. The zero-order valence-electron chi connectivity index (χ0n) is 9.45. The van der Waals surface area contributed by atoms with E-state index in [9.17, 15) is 0 Å². The van der Waals surface area contributed by atoms with Crippen LogP contribution in [0.1, 0.15) is 11.7 Å². The fraction of sp³-hybridized carbons (Fsp3) is 0.385. The molecule has 0 saturated carbocycles. The maximum atomic E-state index is 5.55. The van der Waals surface area contributed by atoms with Crippen LogP contribution in [0.2, 0.25) is 19.6 Å². The first-order valence-electron chi connectivity index (χ1n) is 5.29. The van der Waals surface area contributed by atoms with Crippen LogP contribution in [0.25, 0.3) is 0 Å². The molecule has 0 aliphatic carbocycles. The van der Waals surface area contributed by atoms with Gasteiger partial charge in [0.05, 0.1) is 0 Å². The van der Waals surface area contributed by atoms with Gasteiger partial charge in [0.2, 0.25) is 0 Å². The van der Waals surface area contributed by atoms with Crippen LogP contribution in [-0.2, 0) is 4.74 Å². The van der Waals surface area contributed by atoms with Crippen molar-refractivity contribution < 1.29 is 4.74 Å². The molecule has 78 valence electrons. The number of epoxide rings is 1. The van der Waals surface area contributed by atoms with Crippen LogP contribution >= 0.6 is 0 Å². The third-order valence-electron chi connectivity index (χ3n) is 2.21. The Hall–Kier alpha value is -1.04. The largest absolute Gasteiger partial charge is 0.351 e. The molecule has 1 aromatic carbocycles. The molecule has 0 N–H and O–H groups in total. The van der Waals surface area contributed by atoms with Crippen LogP contribution in [0.5, 0.6) is 0 Å². The fourth-order valence-corrected chi connectivity index (χ4v) is 1.98. The lowest BCUT2D eigenvalue weighted by Gasteiger charge is -2.02. The molecule has 15 heavy (non-hydrogen) atoms. The molecule has 0 spiro atoms. The molecular weight excluding hydrogens is 200 g/mol. The quantitative estimate of drug-likeness (QED) is 0.399. The molecule has 1 nitrogen and oxygen atoms in total. The smallest absolute Gasteiger partial charge is 0.148 e. The second-order valence-corrected chi connectivity index (χ2v) is 9.66. The van der Waals surface area contributed by atoms with E-state index in [0.717, 1.165) is 0 Å². The topological polar surface area (TPSA) is 12.5 Å². The first-order chi connectivity index (χ1) is 7.06. The summed E-state index contributed by atoms with van der Waals surface area (Å²) in [6, 6.07) is 10.3. The minimum Gasteiger partial charge on any atom is -0.351 e. The van der Waals surface area contributed by atoms with Gasteiger partial charge in [0.25, 0.3) is 0 Å². The van der Waals surface area contributed by atoms with Crippen molar-refractivity contribution in [2.45, 2.75) is 31.8 Å². The van der Waals surface area contributed by atoms with E-state index in [4.69, 9.17) is 4.74 Å². The summed E-state index contributed by atoms with van der Waals surface area (Å²) in [5.74, 6) is 3.23. The zero-order valence-corrected chi connectivity index (χ0v) is 10.4. The van der Waals surface area contributed by atoms with Gasteiger partial charge in [-0.1, -0.05) is 55.9 Å². The number of ether oxygens (including phenoxy) is 1. The standard InChI is InChI=1S/C13H16OSi/c1-15(2,3)10-9-12-13(14-12)11-7-5-4-6-8-11/h4-8,12-13H,1-3H3/t12-,13+/m1/s1. The first-order valence-corrected chi connectivity index (χ1v) is 8.79. The van der Waals surface area contributed by atoms with Crippen LogP contribution in [0.4, 0.5) is 0 Å². The molecule has 2 atom stereocenters. The van der Waals surface area contributed by atoms with E-state index in [1.165, 1.54) is 5.56 Å². The Labute approximate surface area is 92.5 Å². The van der Waals surface area contributed by atoms with Crippen LogP contribution in [-0.4, -0.2) is 14.2 Å². The lowest BCUT2D eigenvalue weighted by molar-refractivity contribution is 0.397. The van der Waals surface area contributed by atoms with Gasteiger partial charge in [-0.3, -0.25) is 0 Å². The molecule has 0 unspecified atom stereocenters. The number of rotatable bonds is 1. The minimum absolute atomic E-state index is 0.138. The van der Waals surface area contributed by atoms with E-state index in [2.05, 4.69) is 43.2 Å². The highest BCUT2D eigenvalue weighted by molar-refractivity contribution is 6.83. The van der Waals surface area contributed by atoms with Crippen molar-refractivity contribution in [3.05, 3.63) is 35.9 Å². The lowest BCUT2D eigenvalue weighted by Crippen LogP contribution is -2.16. The molecule has 0 aromatic heterocycles. The Morgan fingerprint density at radius 1 is 1.13 bits per heavy atom. The zero-order chi connectivity index (χ0) is 10.9. The molecule has 0 radical (unpaired) electrons. The number of hydrogen-bond donors (Lipinski definition) is 0. The van der Waals surface area contributed by atoms with E-state index < -0.39 is 8.07 Å². The highest BCUT2D eigenvalue weighted by atomic mass is 28.3. The van der Waals surface area contributed by atoms with Gasteiger partial charge in [0.1, 0.15) is 20.3 Å². The van der Waals surface area contributed by atoms with Crippen molar-refractivity contribution in [3.63, 3.8) is 0 Å². The second-order valence-electron chi connectivity index (χ2n) is 4.91. The van der Waals surface area contributed by atoms with Crippen LogP contribution in [0.15, 0.2) is 30.3 Å². The summed E-state index contributed by atoms with van der Waals surface area (Å²) in [4.78, 5) is 0. The maximum Gasteiger partial charge on any atom is 0.148 e. The van der Waals surface area contributed by atoms with Gasteiger partial charge in [-0.25, -0.2) is 0 Å². The van der Waals surface area contributed by atoms with Gasteiger partial charge in [0, 0.05) is 0 Å². The fourth-order valence-electron chi connectivity index (χ4n) is 1.41. The van der Waals surface area contributed by atoms with Gasteiger partial charge >= 0.3 is 0 Å². The van der Waals surface area contributed by atoms with Crippen LogP contribution < -0.4 is 0 Å². The minimum atomic E-state index is -1.25. The van der Waals surface area contributed by atoms with Crippen molar-refractivity contribution in [1.29, 1.82) is 0 Å². The maximum absolute atomic E-state index is 5.55. The molecule has 0 amide bonds. The number of benzene rings is 1. The average Bonchev–Trinajstić information content (AvgIpc) is 2.94. The van der Waals surface area contributed by atoms with Crippen LogP contribution in [0.3, 0.4) is 0 Å². The molecule has 0 bridgehead atoms. The summed E-state index contributed by atoms with van der Waals surface area (Å²) < 4.78 is 5.55. The van der Waals surface area contributed by atoms with Gasteiger partial charge in [0.15, 0.2) is 0 Å². The predicted octanol–water partition coefficient (Wildman–Crippen LogP) is 3.01. The first kappa shape index (κ1) is 10.5. The molecule has 2 rings (SSSR count). The average molecular weight is 216 g/mol. The van der Waals surface area contributed by atoms with Crippen molar-refractivity contribution in [2.75, 3.05) is 0 Å². The summed E-state index contributed by atoms with van der Waals surface area (Å²) in [6.07, 6.45) is 0.356. The molecule has 1 aliphatic rings. The third kappa shape index (κ3) is 2.95. The Kier molecular flexibility index (Phi) is 2.68. The van der Waals surface area contributed by atoms with Crippen LogP contribution in [0, 0.1) is 11.5 Å². The molecule has 2 heteroatoms. The van der Waals surface area contributed by atoms with Gasteiger partial charge in [-0.15, -0.1) is 5.54 Å². The van der Waals surface area contributed by atoms with Gasteiger partial charge in [-0.2, -0.15) is 0 Å². The summed E-state index contributed by atoms with van der Waals surface area (Å²) in [5.41, 5.74) is 4.59. The van der Waals surface area contributed by atoms with Crippen molar-refractivity contribution in [2.24, 2.45) is 0 Å².